The Morgan fingerprint density at radius 2 is 1.57 bits per heavy atom. The van der Waals surface area contributed by atoms with Crippen molar-refractivity contribution >= 4 is 21.6 Å². The molecule has 1 saturated carbocycles. The molecule has 28 heavy (non-hydrogen) atoms. The molecule has 0 aliphatic heterocycles. The first kappa shape index (κ1) is 20.4. The molecule has 0 radical (unpaired) electrons. The maximum absolute atomic E-state index is 13.4. The fourth-order valence-corrected chi connectivity index (χ4v) is 4.60. The van der Waals surface area contributed by atoms with E-state index in [0.717, 1.165) is 49.5 Å². The number of benzene rings is 2. The van der Waals surface area contributed by atoms with Gasteiger partial charge < -0.3 is 5.32 Å². The molecule has 1 aliphatic rings. The summed E-state index contributed by atoms with van der Waals surface area (Å²) in [6.45, 7) is 2.00. The summed E-state index contributed by atoms with van der Waals surface area (Å²) in [6, 6.07) is 17.1. The third-order valence-corrected chi connectivity index (χ3v) is 6.14. The average Bonchev–Trinajstić information content (AvgIpc) is 2.68. The van der Waals surface area contributed by atoms with Crippen molar-refractivity contribution in [2.24, 2.45) is 0 Å². The molecule has 3 rings (SSSR count). The molecule has 150 valence electrons. The van der Waals surface area contributed by atoms with Crippen LogP contribution in [0.1, 0.15) is 56.2 Å². The fraction of sp³-hybridized carbons (Fsp3) is 0.409. The van der Waals surface area contributed by atoms with Crippen LogP contribution in [-0.2, 0) is 20.2 Å². The molecule has 6 heteroatoms. The van der Waals surface area contributed by atoms with Gasteiger partial charge in [0.1, 0.15) is 0 Å². The molecule has 0 heterocycles. The molecule has 0 spiro atoms. The quantitative estimate of drug-likeness (QED) is 0.765. The maximum Gasteiger partial charge on any atom is 0.231 e. The van der Waals surface area contributed by atoms with Gasteiger partial charge >= 0.3 is 0 Å². The molecule has 0 bridgehead atoms. The summed E-state index contributed by atoms with van der Waals surface area (Å²) in [5.74, 6) is 0.0485. The fourth-order valence-electron chi connectivity index (χ4n) is 4.03. The van der Waals surface area contributed by atoms with Gasteiger partial charge in [-0.3, -0.25) is 9.52 Å². The van der Waals surface area contributed by atoms with E-state index in [4.69, 9.17) is 0 Å². The summed E-state index contributed by atoms with van der Waals surface area (Å²) in [7, 11) is -3.32. The number of hydrogen-bond acceptors (Lipinski definition) is 3. The van der Waals surface area contributed by atoms with E-state index in [9.17, 15) is 13.2 Å². The monoisotopic (exact) mass is 400 g/mol. The molecular formula is C22H28N2O3S. The summed E-state index contributed by atoms with van der Waals surface area (Å²) in [5.41, 5.74) is 1.97. The Bertz CT molecular complexity index is 903. The minimum absolute atomic E-state index is 0.0485. The summed E-state index contributed by atoms with van der Waals surface area (Å²) >= 11 is 0. The lowest BCUT2D eigenvalue weighted by molar-refractivity contribution is -0.128. The Hall–Kier alpha value is -2.34. The van der Waals surface area contributed by atoms with Gasteiger partial charge in [-0.05, 0) is 43.0 Å². The van der Waals surface area contributed by atoms with Gasteiger partial charge in [-0.25, -0.2) is 8.42 Å². The van der Waals surface area contributed by atoms with Crippen molar-refractivity contribution in [1.29, 1.82) is 0 Å². The van der Waals surface area contributed by atoms with Crippen LogP contribution in [0.5, 0.6) is 0 Å². The van der Waals surface area contributed by atoms with E-state index in [2.05, 4.69) is 10.0 Å². The van der Waals surface area contributed by atoms with Crippen LogP contribution in [0.2, 0.25) is 0 Å². The van der Waals surface area contributed by atoms with Crippen molar-refractivity contribution in [2.45, 2.75) is 50.5 Å². The van der Waals surface area contributed by atoms with Crippen LogP contribution in [-0.4, -0.2) is 20.6 Å². The standard InChI is InChI=1S/C22H28N2O3S/c1-17(18-9-5-3-6-10-18)23-21(25)22(15-7-4-8-16-22)19-11-13-20(14-12-19)24-28(2,26)27/h3,5-6,9-14,17,24H,4,7-8,15-16H2,1-2H3,(H,23,25)/t17-/m1/s1. The lowest BCUT2D eigenvalue weighted by Gasteiger charge is -2.37. The van der Waals surface area contributed by atoms with Crippen LogP contribution >= 0.6 is 0 Å². The van der Waals surface area contributed by atoms with Crippen molar-refractivity contribution in [3.63, 3.8) is 0 Å². The van der Waals surface area contributed by atoms with Crippen molar-refractivity contribution < 1.29 is 13.2 Å². The number of nitrogens with one attached hydrogen (secondary N) is 2. The SMILES string of the molecule is C[C@@H](NC(=O)C1(c2ccc(NS(C)(=O)=O)cc2)CCCCC1)c1ccccc1. The number of amides is 1. The highest BCUT2D eigenvalue weighted by molar-refractivity contribution is 7.92. The van der Waals surface area contributed by atoms with E-state index in [1.54, 1.807) is 12.1 Å². The first-order chi connectivity index (χ1) is 13.3. The Morgan fingerprint density at radius 3 is 2.14 bits per heavy atom. The highest BCUT2D eigenvalue weighted by atomic mass is 32.2. The van der Waals surface area contributed by atoms with Gasteiger partial charge in [0.25, 0.3) is 0 Å². The Morgan fingerprint density at radius 1 is 0.964 bits per heavy atom. The number of hydrogen-bond donors (Lipinski definition) is 2. The third kappa shape index (κ3) is 4.73. The van der Waals surface area contributed by atoms with Crippen molar-refractivity contribution in [3.05, 3.63) is 65.7 Å². The van der Waals surface area contributed by atoms with Crippen LogP contribution < -0.4 is 10.0 Å². The molecule has 0 unspecified atom stereocenters. The number of anilines is 1. The molecular weight excluding hydrogens is 372 g/mol. The van der Waals surface area contributed by atoms with Gasteiger partial charge in [0, 0.05) is 5.69 Å². The second-order valence-corrected chi connectivity index (χ2v) is 9.45. The number of carbonyl (C=O) groups is 1. The topological polar surface area (TPSA) is 75.3 Å². The predicted octanol–water partition coefficient (Wildman–Crippen LogP) is 4.14. The maximum atomic E-state index is 13.4. The molecule has 2 aromatic rings. The predicted molar refractivity (Wildman–Crippen MR) is 113 cm³/mol. The Labute approximate surface area is 167 Å². The summed E-state index contributed by atoms with van der Waals surface area (Å²) in [5, 5.41) is 3.21. The third-order valence-electron chi connectivity index (χ3n) is 5.53. The van der Waals surface area contributed by atoms with Crippen molar-refractivity contribution in [3.8, 4) is 0 Å². The molecule has 0 aromatic heterocycles. The lowest BCUT2D eigenvalue weighted by Crippen LogP contribution is -2.46. The van der Waals surface area contributed by atoms with E-state index in [0.29, 0.717) is 5.69 Å². The zero-order valence-electron chi connectivity index (χ0n) is 16.4. The van der Waals surface area contributed by atoms with Gasteiger partial charge in [-0.1, -0.05) is 61.7 Å². The summed E-state index contributed by atoms with van der Waals surface area (Å²) in [6.07, 6.45) is 5.89. The largest absolute Gasteiger partial charge is 0.349 e. The van der Waals surface area contributed by atoms with Gasteiger partial charge in [0.15, 0.2) is 0 Å². The summed E-state index contributed by atoms with van der Waals surface area (Å²) in [4.78, 5) is 13.4. The van der Waals surface area contributed by atoms with Gasteiger partial charge in [-0.15, -0.1) is 0 Å². The minimum atomic E-state index is -3.32. The van der Waals surface area contributed by atoms with Crippen molar-refractivity contribution in [2.75, 3.05) is 11.0 Å². The number of sulfonamides is 1. The first-order valence-electron chi connectivity index (χ1n) is 9.74. The average molecular weight is 401 g/mol. The Balaban J connectivity index is 1.85. The highest BCUT2D eigenvalue weighted by Crippen LogP contribution is 2.40. The normalized spacial score (nSPS) is 17.5. The van der Waals surface area contributed by atoms with Gasteiger partial charge in [-0.2, -0.15) is 0 Å². The van der Waals surface area contributed by atoms with Crippen LogP contribution in [0.15, 0.2) is 54.6 Å². The van der Waals surface area contributed by atoms with E-state index in [-0.39, 0.29) is 11.9 Å². The van der Waals surface area contributed by atoms with Gasteiger partial charge in [0.05, 0.1) is 17.7 Å². The molecule has 1 aliphatic carbocycles. The van der Waals surface area contributed by atoms with Gasteiger partial charge in [0.2, 0.25) is 15.9 Å². The van der Waals surface area contributed by atoms with E-state index in [1.807, 2.05) is 49.4 Å². The molecule has 2 aromatic carbocycles. The molecule has 5 nitrogen and oxygen atoms in total. The summed E-state index contributed by atoms with van der Waals surface area (Å²) < 4.78 is 25.4. The number of rotatable bonds is 6. The second-order valence-electron chi connectivity index (χ2n) is 7.70. The zero-order chi connectivity index (χ0) is 20.2. The van der Waals surface area contributed by atoms with Crippen LogP contribution in [0.4, 0.5) is 5.69 Å². The van der Waals surface area contributed by atoms with E-state index >= 15 is 0 Å². The highest BCUT2D eigenvalue weighted by Gasteiger charge is 2.41. The van der Waals surface area contributed by atoms with Crippen LogP contribution in [0.3, 0.4) is 0 Å². The Kier molecular flexibility index (Phi) is 6.08. The van der Waals surface area contributed by atoms with E-state index in [1.165, 1.54) is 0 Å². The first-order valence-corrected chi connectivity index (χ1v) is 11.6. The molecule has 2 N–H and O–H groups in total. The lowest BCUT2D eigenvalue weighted by atomic mass is 9.68. The van der Waals surface area contributed by atoms with Crippen molar-refractivity contribution in [1.82, 2.24) is 5.32 Å². The number of carbonyl (C=O) groups excluding carboxylic acids is 1. The van der Waals surface area contributed by atoms with Crippen LogP contribution in [0, 0.1) is 0 Å². The smallest absolute Gasteiger partial charge is 0.231 e. The molecule has 1 atom stereocenters. The van der Waals surface area contributed by atoms with E-state index < -0.39 is 15.4 Å². The molecule has 1 fully saturated rings. The van der Waals surface area contributed by atoms with Crippen LogP contribution in [0.25, 0.3) is 0 Å². The second kappa shape index (κ2) is 8.35. The zero-order valence-corrected chi connectivity index (χ0v) is 17.3. The minimum Gasteiger partial charge on any atom is -0.349 e. The molecule has 0 saturated heterocycles. The molecule has 1 amide bonds.